The first-order valence-electron chi connectivity index (χ1n) is 7.88. The van der Waals surface area contributed by atoms with Crippen molar-refractivity contribution in [3.63, 3.8) is 0 Å². The van der Waals surface area contributed by atoms with Crippen LogP contribution >= 0.6 is 0 Å². The Labute approximate surface area is 165 Å². The van der Waals surface area contributed by atoms with Crippen molar-refractivity contribution in [3.05, 3.63) is 86.5 Å². The minimum atomic E-state index is -5.08. The van der Waals surface area contributed by atoms with Crippen LogP contribution in [0.15, 0.2) is 60.7 Å². The van der Waals surface area contributed by atoms with Gasteiger partial charge in [0, 0.05) is 0 Å². The summed E-state index contributed by atoms with van der Waals surface area (Å²) in [5, 5.41) is 31.4. The van der Waals surface area contributed by atoms with Crippen LogP contribution in [-0.4, -0.2) is 27.3 Å². The van der Waals surface area contributed by atoms with Gasteiger partial charge in [0.05, 0.1) is 33.6 Å². The Morgan fingerprint density at radius 3 is 1.87 bits per heavy atom. The van der Waals surface area contributed by atoms with Gasteiger partial charge < -0.3 is 9.84 Å². The largest absolute Gasteiger partial charge is 0.573 e. The number of non-ortho nitro benzene ring substituents is 2. The number of nitro benzene ring substituents is 2. The van der Waals surface area contributed by atoms with E-state index in [0.29, 0.717) is 23.8 Å². The minimum absolute atomic E-state index is 0.332. The number of carboxylic acids is 1. The third-order valence-corrected chi connectivity index (χ3v) is 3.53. The Bertz CT molecular complexity index is 1080. The van der Waals surface area contributed by atoms with Gasteiger partial charge >= 0.3 is 12.3 Å². The van der Waals surface area contributed by atoms with Crippen LogP contribution in [-0.2, 0) is 0 Å². The van der Waals surface area contributed by atoms with Crippen molar-refractivity contribution in [1.29, 1.82) is 0 Å². The number of ether oxygens (including phenoxy) is 1. The van der Waals surface area contributed by atoms with Crippen LogP contribution in [0, 0.1) is 20.2 Å². The van der Waals surface area contributed by atoms with E-state index in [9.17, 15) is 38.2 Å². The van der Waals surface area contributed by atoms with E-state index < -0.39 is 39.3 Å². The predicted octanol–water partition coefficient (Wildman–Crippen LogP) is 4.94. The van der Waals surface area contributed by atoms with Gasteiger partial charge in [0.2, 0.25) is 0 Å². The summed E-state index contributed by atoms with van der Waals surface area (Å²) in [6, 6.07) is 14.2. The van der Waals surface area contributed by atoms with Gasteiger partial charge in [-0.3, -0.25) is 20.2 Å². The van der Waals surface area contributed by atoms with Crippen LogP contribution in [0.4, 0.5) is 24.5 Å². The first-order chi connectivity index (χ1) is 14.0. The average molecular weight is 424 g/mol. The third kappa shape index (κ3) is 6.15. The molecule has 3 aromatic carbocycles. The molecule has 0 amide bonds. The molecular formula is C18H11F3N2O7. The number of nitrogens with zero attached hydrogens (tertiary/aromatic N) is 2. The smallest absolute Gasteiger partial charge is 0.478 e. The number of hydrogen-bond donors (Lipinski definition) is 1. The number of aromatic carboxylic acids is 1. The number of nitro groups is 2. The highest BCUT2D eigenvalue weighted by Crippen LogP contribution is 2.31. The summed E-state index contributed by atoms with van der Waals surface area (Å²) in [6.07, 6.45) is -5.08. The minimum Gasteiger partial charge on any atom is -0.478 e. The van der Waals surface area contributed by atoms with E-state index in [1.165, 1.54) is 0 Å². The lowest BCUT2D eigenvalue weighted by Crippen LogP contribution is -2.17. The molecule has 0 aliphatic heterocycles. The van der Waals surface area contributed by atoms with Crippen molar-refractivity contribution < 1.29 is 37.7 Å². The van der Waals surface area contributed by atoms with Crippen LogP contribution in [0.2, 0.25) is 0 Å². The summed E-state index contributed by atoms with van der Waals surface area (Å²) >= 11 is 0. The topological polar surface area (TPSA) is 133 Å². The van der Waals surface area contributed by atoms with Crippen LogP contribution in [0.1, 0.15) is 10.4 Å². The summed E-state index contributed by atoms with van der Waals surface area (Å²) in [7, 11) is 0. The number of halogens is 3. The van der Waals surface area contributed by atoms with Gasteiger partial charge in [-0.15, -0.1) is 13.2 Å². The standard InChI is InChI=1S/C11H8O2.C7H3F3N2O5/c12-11(13)10-6-5-8-3-1-2-4-9(8)7-10;8-7(9,10)17-6-2-4(11(13)14)1-5(3-6)12(15)16/h1-7H,(H,12,13);1-3H. The van der Waals surface area contributed by atoms with Crippen LogP contribution in [0.5, 0.6) is 5.75 Å². The quantitative estimate of drug-likeness (QED) is 0.463. The van der Waals surface area contributed by atoms with E-state index in [1.807, 2.05) is 30.3 Å². The number of benzene rings is 3. The Balaban J connectivity index is 0.000000220. The molecule has 9 nitrogen and oxygen atoms in total. The lowest BCUT2D eigenvalue weighted by molar-refractivity contribution is -0.394. The number of rotatable bonds is 4. The zero-order valence-electron chi connectivity index (χ0n) is 14.7. The van der Waals surface area contributed by atoms with Gasteiger partial charge in [0.15, 0.2) is 0 Å². The first kappa shape index (κ1) is 22.1. The molecule has 0 fully saturated rings. The summed E-state index contributed by atoms with van der Waals surface area (Å²) in [4.78, 5) is 29.2. The van der Waals surface area contributed by atoms with E-state index >= 15 is 0 Å². The van der Waals surface area contributed by atoms with Gasteiger partial charge in [0.1, 0.15) is 5.75 Å². The summed E-state index contributed by atoms with van der Waals surface area (Å²) in [5.41, 5.74) is -1.39. The predicted molar refractivity (Wildman–Crippen MR) is 97.3 cm³/mol. The first-order valence-corrected chi connectivity index (χ1v) is 7.88. The van der Waals surface area contributed by atoms with Crippen molar-refractivity contribution in [2.24, 2.45) is 0 Å². The third-order valence-electron chi connectivity index (χ3n) is 3.53. The fourth-order valence-corrected chi connectivity index (χ4v) is 2.29. The summed E-state index contributed by atoms with van der Waals surface area (Å²) in [5.74, 6) is -1.90. The van der Waals surface area contributed by atoms with Crippen molar-refractivity contribution in [2.45, 2.75) is 6.36 Å². The molecule has 0 aliphatic rings. The highest BCUT2D eigenvalue weighted by Gasteiger charge is 2.32. The SMILES string of the molecule is O=C(O)c1ccc2ccccc2c1.O=[N+]([O-])c1cc(OC(F)(F)F)cc([N+](=O)[O-])c1. The fourth-order valence-electron chi connectivity index (χ4n) is 2.29. The zero-order valence-corrected chi connectivity index (χ0v) is 14.7. The lowest BCUT2D eigenvalue weighted by atomic mass is 10.1. The maximum atomic E-state index is 11.8. The Morgan fingerprint density at radius 1 is 0.867 bits per heavy atom. The number of alkyl halides is 3. The normalized spacial score (nSPS) is 10.6. The molecule has 0 bridgehead atoms. The maximum absolute atomic E-state index is 11.8. The van der Waals surface area contributed by atoms with E-state index in [4.69, 9.17) is 5.11 Å². The monoisotopic (exact) mass is 424 g/mol. The summed E-state index contributed by atoms with van der Waals surface area (Å²) < 4.78 is 38.9. The van der Waals surface area contributed by atoms with Crippen LogP contribution < -0.4 is 4.74 Å². The second-order valence-corrected chi connectivity index (χ2v) is 5.61. The van der Waals surface area contributed by atoms with Gasteiger partial charge in [-0.25, -0.2) is 4.79 Å². The Kier molecular flexibility index (Phi) is 6.52. The van der Waals surface area contributed by atoms with E-state index in [2.05, 4.69) is 4.74 Å². The molecule has 0 aromatic heterocycles. The Hall–Kier alpha value is -4.22. The molecular weight excluding hydrogens is 413 g/mol. The molecule has 0 atom stereocenters. The highest BCUT2D eigenvalue weighted by atomic mass is 19.4. The maximum Gasteiger partial charge on any atom is 0.573 e. The molecule has 1 N–H and O–H groups in total. The lowest BCUT2D eigenvalue weighted by Gasteiger charge is -2.07. The van der Waals surface area contributed by atoms with Gasteiger partial charge in [-0.1, -0.05) is 30.3 Å². The van der Waals surface area contributed by atoms with E-state index in [1.54, 1.807) is 12.1 Å². The molecule has 3 rings (SSSR count). The van der Waals surface area contributed by atoms with Gasteiger partial charge in [0.25, 0.3) is 11.4 Å². The molecule has 0 aliphatic carbocycles. The number of carboxylic acid groups (broad SMARTS) is 1. The van der Waals surface area contributed by atoms with Crippen LogP contribution in [0.3, 0.4) is 0 Å². The van der Waals surface area contributed by atoms with Crippen molar-refractivity contribution >= 4 is 28.1 Å². The van der Waals surface area contributed by atoms with Crippen molar-refractivity contribution in [1.82, 2.24) is 0 Å². The second kappa shape index (κ2) is 8.86. The molecule has 0 radical (unpaired) electrons. The molecule has 0 heterocycles. The second-order valence-electron chi connectivity index (χ2n) is 5.61. The highest BCUT2D eigenvalue weighted by molar-refractivity contribution is 5.94. The molecule has 0 saturated heterocycles. The summed E-state index contributed by atoms with van der Waals surface area (Å²) in [6.45, 7) is 0. The van der Waals surface area contributed by atoms with E-state index in [-0.39, 0.29) is 0 Å². The van der Waals surface area contributed by atoms with Gasteiger partial charge in [-0.2, -0.15) is 0 Å². The van der Waals surface area contributed by atoms with Crippen molar-refractivity contribution in [3.8, 4) is 5.75 Å². The molecule has 156 valence electrons. The van der Waals surface area contributed by atoms with Crippen molar-refractivity contribution in [2.75, 3.05) is 0 Å². The molecule has 30 heavy (non-hydrogen) atoms. The zero-order chi connectivity index (χ0) is 22.5. The number of hydrogen-bond acceptors (Lipinski definition) is 6. The molecule has 3 aromatic rings. The number of fused-ring (bicyclic) bond motifs is 1. The average Bonchev–Trinajstić information content (AvgIpc) is 2.66. The Morgan fingerprint density at radius 2 is 1.40 bits per heavy atom. The molecule has 0 saturated carbocycles. The fraction of sp³-hybridized carbons (Fsp3) is 0.0556. The van der Waals surface area contributed by atoms with Gasteiger partial charge in [-0.05, 0) is 22.9 Å². The molecule has 0 spiro atoms. The molecule has 0 unspecified atom stereocenters. The van der Waals surface area contributed by atoms with E-state index in [0.717, 1.165) is 10.8 Å². The number of carbonyl (C=O) groups is 1. The van der Waals surface area contributed by atoms with Crippen LogP contribution in [0.25, 0.3) is 10.8 Å². The molecule has 12 heteroatoms.